The van der Waals surface area contributed by atoms with E-state index in [0.717, 1.165) is 5.56 Å². The topological polar surface area (TPSA) is 81.6 Å². The standard InChI is InChI=1S/C19H18N4O2S/c1-5-14-15(10-20)18(22-17(23(3)4)16(14)21-2)26-11-12-6-8-13(9-7-12)19(24)25/h6-9H,5,11H2,1,3-4H3,(H,24,25). The predicted molar refractivity (Wildman–Crippen MR) is 102 cm³/mol. The number of pyridine rings is 1. The first-order valence-corrected chi connectivity index (χ1v) is 8.88. The maximum atomic E-state index is 10.9. The molecule has 0 aliphatic heterocycles. The molecule has 0 aliphatic rings. The smallest absolute Gasteiger partial charge is 0.335 e. The van der Waals surface area contributed by atoms with Gasteiger partial charge >= 0.3 is 5.97 Å². The minimum atomic E-state index is -0.962. The molecular weight excluding hydrogens is 348 g/mol. The van der Waals surface area contributed by atoms with Gasteiger partial charge in [0.15, 0.2) is 0 Å². The van der Waals surface area contributed by atoms with Crippen molar-refractivity contribution in [2.75, 3.05) is 19.0 Å². The average Bonchev–Trinajstić information content (AvgIpc) is 2.64. The van der Waals surface area contributed by atoms with Gasteiger partial charge in [0.2, 0.25) is 5.69 Å². The van der Waals surface area contributed by atoms with Gasteiger partial charge in [0.05, 0.1) is 17.7 Å². The number of carboxylic acid groups (broad SMARTS) is 1. The second-order valence-corrected chi connectivity index (χ2v) is 6.67. The predicted octanol–water partition coefficient (Wildman–Crippen LogP) is 4.12. The molecule has 1 heterocycles. The maximum Gasteiger partial charge on any atom is 0.335 e. The largest absolute Gasteiger partial charge is 0.478 e. The molecule has 0 amide bonds. The Kier molecular flexibility index (Phi) is 6.21. The van der Waals surface area contributed by atoms with Crippen molar-refractivity contribution in [2.45, 2.75) is 24.1 Å². The third kappa shape index (κ3) is 3.96. The Morgan fingerprint density at radius 2 is 2.04 bits per heavy atom. The van der Waals surface area contributed by atoms with E-state index in [1.807, 2.05) is 21.0 Å². The van der Waals surface area contributed by atoms with Crippen molar-refractivity contribution in [3.8, 4) is 6.07 Å². The van der Waals surface area contributed by atoms with Crippen LogP contribution in [-0.2, 0) is 12.2 Å². The van der Waals surface area contributed by atoms with E-state index in [1.165, 1.54) is 11.8 Å². The van der Waals surface area contributed by atoms with Gasteiger partial charge < -0.3 is 10.0 Å². The van der Waals surface area contributed by atoms with Crippen LogP contribution < -0.4 is 4.90 Å². The van der Waals surface area contributed by atoms with Crippen molar-refractivity contribution in [3.63, 3.8) is 0 Å². The van der Waals surface area contributed by atoms with Gasteiger partial charge in [0.1, 0.15) is 16.9 Å². The molecule has 0 saturated carbocycles. The average molecular weight is 366 g/mol. The zero-order valence-corrected chi connectivity index (χ0v) is 15.6. The zero-order valence-electron chi connectivity index (χ0n) is 14.8. The highest BCUT2D eigenvalue weighted by Gasteiger charge is 2.20. The van der Waals surface area contributed by atoms with Crippen LogP contribution in [0.4, 0.5) is 11.5 Å². The van der Waals surface area contributed by atoms with Crippen LogP contribution in [0.15, 0.2) is 29.3 Å². The number of nitrogens with zero attached hydrogens (tertiary/aromatic N) is 4. The summed E-state index contributed by atoms with van der Waals surface area (Å²) >= 11 is 1.41. The number of hydrogen-bond donors (Lipinski definition) is 1. The number of aromatic carboxylic acids is 1. The normalized spacial score (nSPS) is 10.0. The van der Waals surface area contributed by atoms with Crippen molar-refractivity contribution in [2.24, 2.45) is 0 Å². The summed E-state index contributed by atoms with van der Waals surface area (Å²) in [5.41, 5.74) is 2.74. The molecule has 1 N–H and O–H groups in total. The molecular formula is C19H18N4O2S. The number of nitriles is 1. The summed E-state index contributed by atoms with van der Waals surface area (Å²) in [6, 6.07) is 8.81. The molecule has 0 bridgehead atoms. The third-order valence-corrected chi connectivity index (χ3v) is 4.84. The van der Waals surface area contributed by atoms with Crippen molar-refractivity contribution in [1.82, 2.24) is 4.98 Å². The summed E-state index contributed by atoms with van der Waals surface area (Å²) in [4.78, 5) is 20.8. The van der Waals surface area contributed by atoms with Crippen LogP contribution in [0.2, 0.25) is 0 Å². The molecule has 7 heteroatoms. The van der Waals surface area contributed by atoms with E-state index < -0.39 is 5.97 Å². The minimum Gasteiger partial charge on any atom is -0.478 e. The van der Waals surface area contributed by atoms with Crippen molar-refractivity contribution < 1.29 is 9.90 Å². The quantitative estimate of drug-likeness (QED) is 0.612. The van der Waals surface area contributed by atoms with Crippen LogP contribution in [0, 0.1) is 17.9 Å². The Morgan fingerprint density at radius 3 is 2.50 bits per heavy atom. The number of carbonyl (C=O) groups is 1. The van der Waals surface area contributed by atoms with Crippen molar-refractivity contribution in [1.29, 1.82) is 5.26 Å². The Bertz CT molecular complexity index is 909. The highest BCUT2D eigenvalue weighted by atomic mass is 32.2. The lowest BCUT2D eigenvalue weighted by atomic mass is 10.1. The molecule has 0 saturated heterocycles. The molecule has 0 spiro atoms. The van der Waals surface area contributed by atoms with Crippen LogP contribution in [0.25, 0.3) is 4.85 Å². The Balaban J connectivity index is 2.39. The van der Waals surface area contributed by atoms with Crippen LogP contribution in [0.5, 0.6) is 0 Å². The molecule has 1 aromatic carbocycles. The van der Waals surface area contributed by atoms with Gasteiger partial charge in [-0.1, -0.05) is 19.1 Å². The summed E-state index contributed by atoms with van der Waals surface area (Å²) in [5.74, 6) is 0.143. The zero-order chi connectivity index (χ0) is 19.3. The van der Waals surface area contributed by atoms with Gasteiger partial charge in [-0.15, -0.1) is 11.8 Å². The third-order valence-electron chi connectivity index (χ3n) is 3.80. The summed E-state index contributed by atoms with van der Waals surface area (Å²) < 4.78 is 0. The molecule has 2 rings (SSSR count). The van der Waals surface area contributed by atoms with Gasteiger partial charge in [0.25, 0.3) is 0 Å². The molecule has 6 nitrogen and oxygen atoms in total. The number of anilines is 1. The SMILES string of the molecule is [C-]#[N+]c1c(N(C)C)nc(SCc2ccc(C(=O)O)cc2)c(C#N)c1CC. The lowest BCUT2D eigenvalue weighted by molar-refractivity contribution is 0.0697. The number of thioether (sulfide) groups is 1. The second-order valence-electron chi connectivity index (χ2n) is 5.71. The van der Waals surface area contributed by atoms with E-state index in [-0.39, 0.29) is 5.56 Å². The van der Waals surface area contributed by atoms with Crippen LogP contribution in [-0.4, -0.2) is 30.2 Å². The number of benzene rings is 1. The lowest BCUT2D eigenvalue weighted by Crippen LogP contribution is -2.13. The molecule has 132 valence electrons. The first-order valence-electron chi connectivity index (χ1n) is 7.89. The number of hydrogen-bond acceptors (Lipinski definition) is 5. The van der Waals surface area contributed by atoms with Crippen molar-refractivity contribution >= 4 is 29.2 Å². The monoisotopic (exact) mass is 366 g/mol. The van der Waals surface area contributed by atoms with Gasteiger partial charge in [-0.25, -0.2) is 14.6 Å². The van der Waals surface area contributed by atoms with Gasteiger partial charge in [-0.2, -0.15) is 5.26 Å². The lowest BCUT2D eigenvalue weighted by Gasteiger charge is -2.18. The Hall–Kier alpha value is -3.03. The van der Waals surface area contributed by atoms with E-state index in [0.29, 0.717) is 39.8 Å². The molecule has 0 fully saturated rings. The summed E-state index contributed by atoms with van der Waals surface area (Å²) in [5, 5.41) is 19.1. The van der Waals surface area contributed by atoms with Crippen LogP contribution in [0.1, 0.15) is 34.0 Å². The van der Waals surface area contributed by atoms with Crippen LogP contribution >= 0.6 is 11.8 Å². The maximum absolute atomic E-state index is 10.9. The van der Waals surface area contributed by atoms with Crippen molar-refractivity contribution in [3.05, 3.63) is 57.9 Å². The van der Waals surface area contributed by atoms with Crippen LogP contribution in [0.3, 0.4) is 0 Å². The highest BCUT2D eigenvalue weighted by Crippen LogP contribution is 2.38. The number of rotatable bonds is 6. The minimum absolute atomic E-state index is 0.235. The first kappa shape index (κ1) is 19.3. The molecule has 0 radical (unpaired) electrons. The van der Waals surface area contributed by atoms with Gasteiger partial charge in [0, 0.05) is 19.8 Å². The molecule has 1 aromatic heterocycles. The summed E-state index contributed by atoms with van der Waals surface area (Å²) in [6.07, 6.45) is 0.574. The Labute approximate surface area is 156 Å². The van der Waals surface area contributed by atoms with Gasteiger partial charge in [-0.3, -0.25) is 0 Å². The fraction of sp³-hybridized carbons (Fsp3) is 0.263. The summed E-state index contributed by atoms with van der Waals surface area (Å²) in [7, 11) is 3.64. The first-order chi connectivity index (χ1) is 12.4. The molecule has 2 aromatic rings. The molecule has 26 heavy (non-hydrogen) atoms. The van der Waals surface area contributed by atoms with E-state index >= 15 is 0 Å². The number of carboxylic acids is 1. The number of aromatic nitrogens is 1. The van der Waals surface area contributed by atoms with E-state index in [1.54, 1.807) is 29.2 Å². The van der Waals surface area contributed by atoms with E-state index in [4.69, 9.17) is 11.7 Å². The molecule has 0 atom stereocenters. The van der Waals surface area contributed by atoms with E-state index in [9.17, 15) is 10.1 Å². The Morgan fingerprint density at radius 1 is 1.38 bits per heavy atom. The van der Waals surface area contributed by atoms with Gasteiger partial charge in [-0.05, 0) is 29.7 Å². The second kappa shape index (κ2) is 8.37. The van der Waals surface area contributed by atoms with E-state index in [2.05, 4.69) is 15.9 Å². The summed E-state index contributed by atoms with van der Waals surface area (Å²) in [6.45, 7) is 9.37. The fourth-order valence-corrected chi connectivity index (χ4v) is 3.44. The fourth-order valence-electron chi connectivity index (χ4n) is 2.48. The molecule has 0 unspecified atom stereocenters. The molecule has 0 aliphatic carbocycles. The highest BCUT2D eigenvalue weighted by molar-refractivity contribution is 7.98.